The van der Waals surface area contributed by atoms with E-state index in [1.165, 1.54) is 44.9 Å². The van der Waals surface area contributed by atoms with Crippen molar-refractivity contribution in [2.45, 2.75) is 71.1 Å². The fraction of sp³-hybridized carbons (Fsp3) is 0.600. The third kappa shape index (κ3) is 19.1. The Morgan fingerprint density at radius 3 is 1.55 bits per heavy atom. The summed E-state index contributed by atoms with van der Waals surface area (Å²) >= 11 is 0. The Morgan fingerprint density at radius 2 is 1.09 bits per heavy atom. The largest absolute Gasteiger partial charge is 0.428 e. The fourth-order valence-electron chi connectivity index (χ4n) is 2.07. The van der Waals surface area contributed by atoms with Crippen molar-refractivity contribution in [2.24, 2.45) is 0 Å². The van der Waals surface area contributed by atoms with Gasteiger partial charge in [-0.2, -0.15) is 0 Å². The molecule has 0 saturated carbocycles. The van der Waals surface area contributed by atoms with Gasteiger partial charge in [0.25, 0.3) is 0 Å². The predicted octanol–water partition coefficient (Wildman–Crippen LogP) is 5.43. The maximum Gasteiger partial charge on any atom is 0.145 e. The summed E-state index contributed by atoms with van der Waals surface area (Å²) in [5.41, 5.74) is 0. The highest BCUT2D eigenvalue weighted by molar-refractivity contribution is 5.97. The normalized spacial score (nSPS) is 12.8. The zero-order valence-corrected chi connectivity index (χ0v) is 16.8. The molecule has 0 unspecified atom stereocenters. The van der Waals surface area contributed by atoms with Gasteiger partial charge in [0.15, 0.2) is 0 Å². The molecule has 1 nitrogen and oxygen atoms in total. The first-order chi connectivity index (χ1) is 10.9. The van der Waals surface area contributed by atoms with E-state index in [4.69, 9.17) is 4.43 Å². The number of hydrogen-bond donors (Lipinski definition) is 0. The van der Waals surface area contributed by atoms with E-state index >= 15 is 0 Å². The van der Waals surface area contributed by atoms with Gasteiger partial charge < -0.3 is 4.43 Å². The molecule has 0 aliphatic heterocycles. The molecule has 2 heteroatoms. The molecule has 0 heterocycles. The van der Waals surface area contributed by atoms with Crippen molar-refractivity contribution in [3.8, 4) is 0 Å². The lowest BCUT2D eigenvalue weighted by atomic mass is 10.2. The lowest BCUT2D eigenvalue weighted by Gasteiger charge is -1.95. The molecular formula is C20H36OSi. The summed E-state index contributed by atoms with van der Waals surface area (Å²) in [4.78, 5) is 0. The van der Waals surface area contributed by atoms with E-state index in [2.05, 4.69) is 55.5 Å². The summed E-state index contributed by atoms with van der Waals surface area (Å²) < 4.78 is 5.16. The molecule has 126 valence electrons. The highest BCUT2D eigenvalue weighted by Crippen LogP contribution is 2.01. The number of unbranched alkanes of at least 4 members (excludes halogenated alkanes) is 5. The van der Waals surface area contributed by atoms with Crippen LogP contribution in [0.25, 0.3) is 0 Å². The van der Waals surface area contributed by atoms with Crippen LogP contribution in [0.4, 0.5) is 0 Å². The molecule has 0 saturated heterocycles. The van der Waals surface area contributed by atoms with E-state index < -0.39 is 0 Å². The van der Waals surface area contributed by atoms with Crippen LogP contribution in [0.5, 0.6) is 0 Å². The summed E-state index contributed by atoms with van der Waals surface area (Å²) in [5.74, 6) is 0. The average molecular weight is 321 g/mol. The van der Waals surface area contributed by atoms with E-state index in [0.717, 1.165) is 36.4 Å². The summed E-state index contributed by atoms with van der Waals surface area (Å²) in [6, 6.07) is 0. The molecule has 0 aromatic rings. The Labute approximate surface area is 141 Å². The van der Waals surface area contributed by atoms with Gasteiger partial charge in [-0.25, -0.2) is 0 Å². The molecule has 0 spiro atoms. The van der Waals surface area contributed by atoms with Gasteiger partial charge in [-0.05, 0) is 51.4 Å². The highest BCUT2D eigenvalue weighted by Gasteiger charge is 1.83. The van der Waals surface area contributed by atoms with Gasteiger partial charge in [0.2, 0.25) is 0 Å². The lowest BCUT2D eigenvalue weighted by molar-refractivity contribution is 0.337. The second kappa shape index (κ2) is 20.1. The zero-order chi connectivity index (χ0) is 16.1. The van der Waals surface area contributed by atoms with Crippen LogP contribution in [0, 0.1) is 0 Å². The molecule has 0 aliphatic carbocycles. The first kappa shape index (κ1) is 21.1. The van der Waals surface area contributed by atoms with Crippen molar-refractivity contribution in [3.05, 3.63) is 48.6 Å². The molecule has 0 rings (SSSR count). The van der Waals surface area contributed by atoms with Crippen LogP contribution in [0.15, 0.2) is 48.6 Å². The van der Waals surface area contributed by atoms with Crippen molar-refractivity contribution < 1.29 is 4.43 Å². The molecule has 0 N–H and O–H groups in total. The minimum Gasteiger partial charge on any atom is -0.428 e. The van der Waals surface area contributed by atoms with E-state index in [0.29, 0.717) is 0 Å². The first-order valence-corrected chi connectivity index (χ1v) is 9.82. The average Bonchev–Trinajstić information content (AvgIpc) is 2.54. The monoisotopic (exact) mass is 320 g/mol. The quantitative estimate of drug-likeness (QED) is 0.222. The second-order valence-corrected chi connectivity index (χ2v) is 6.15. The van der Waals surface area contributed by atoms with Gasteiger partial charge in [0, 0.05) is 6.61 Å². The van der Waals surface area contributed by atoms with Crippen LogP contribution in [0.3, 0.4) is 0 Å². The Balaban J connectivity index is 3.35. The van der Waals surface area contributed by atoms with E-state index in [9.17, 15) is 0 Å². The van der Waals surface area contributed by atoms with Crippen LogP contribution >= 0.6 is 0 Å². The molecule has 22 heavy (non-hydrogen) atoms. The van der Waals surface area contributed by atoms with Crippen LogP contribution < -0.4 is 0 Å². The minimum atomic E-state index is 0.874. The van der Waals surface area contributed by atoms with Crippen molar-refractivity contribution in [1.82, 2.24) is 0 Å². The van der Waals surface area contributed by atoms with Crippen LogP contribution in [0.1, 0.15) is 71.1 Å². The van der Waals surface area contributed by atoms with Gasteiger partial charge in [-0.1, -0.05) is 68.4 Å². The molecule has 0 aliphatic rings. The summed E-state index contributed by atoms with van der Waals surface area (Å²) in [6.45, 7) is 3.19. The van der Waals surface area contributed by atoms with E-state index in [1.807, 2.05) is 0 Å². The van der Waals surface area contributed by atoms with Gasteiger partial charge >= 0.3 is 0 Å². The third-order valence-electron chi connectivity index (χ3n) is 3.43. The van der Waals surface area contributed by atoms with Crippen LogP contribution in [-0.4, -0.2) is 17.1 Å². The summed E-state index contributed by atoms with van der Waals surface area (Å²) in [5, 5.41) is 0. The topological polar surface area (TPSA) is 9.23 Å². The third-order valence-corrected chi connectivity index (χ3v) is 3.84. The molecule has 0 fully saturated rings. The number of hydrogen-bond acceptors (Lipinski definition) is 1. The molecular weight excluding hydrogens is 284 g/mol. The number of rotatable bonds is 15. The van der Waals surface area contributed by atoms with Gasteiger partial charge in [0.1, 0.15) is 10.5 Å². The molecule has 0 bridgehead atoms. The second-order valence-electron chi connectivity index (χ2n) is 5.58. The fourth-order valence-corrected chi connectivity index (χ4v) is 2.36. The molecule has 0 amide bonds. The van der Waals surface area contributed by atoms with E-state index in [-0.39, 0.29) is 0 Å². The predicted molar refractivity (Wildman–Crippen MR) is 104 cm³/mol. The van der Waals surface area contributed by atoms with Gasteiger partial charge in [-0.3, -0.25) is 0 Å². The van der Waals surface area contributed by atoms with Crippen LogP contribution in [0.2, 0.25) is 0 Å². The summed E-state index contributed by atoms with van der Waals surface area (Å²) in [7, 11) is 0.874. The van der Waals surface area contributed by atoms with Gasteiger partial charge in [0.05, 0.1) is 0 Å². The lowest BCUT2D eigenvalue weighted by Crippen LogP contribution is -1.88. The minimum absolute atomic E-state index is 0.874. The van der Waals surface area contributed by atoms with Gasteiger partial charge in [-0.15, -0.1) is 0 Å². The van der Waals surface area contributed by atoms with Crippen molar-refractivity contribution in [1.29, 1.82) is 0 Å². The maximum atomic E-state index is 5.16. The SMILES string of the molecule is CCCCC/C=C\C/C=C\C/C=C\C/C=C\CCCCO[SiH3]. The molecule has 0 radical (unpaired) electrons. The molecule has 0 aromatic carbocycles. The molecule has 0 atom stereocenters. The van der Waals surface area contributed by atoms with Crippen molar-refractivity contribution >= 4 is 10.5 Å². The van der Waals surface area contributed by atoms with Crippen LogP contribution in [-0.2, 0) is 4.43 Å². The molecule has 0 aromatic heterocycles. The Morgan fingerprint density at radius 1 is 0.636 bits per heavy atom. The van der Waals surface area contributed by atoms with Crippen molar-refractivity contribution in [2.75, 3.05) is 6.61 Å². The standard InChI is InChI=1S/C20H36OSi/c1-2-3-4-5-6-7-8-9-10-11-12-13-14-15-16-17-18-19-20-21-22/h6-7,9-10,12-13,15-16H,2-5,8,11,14,17-20H2,1,22H3/b7-6-,10-9-,13-12-,16-15-. The zero-order valence-electron chi connectivity index (χ0n) is 14.8. The number of allylic oxidation sites excluding steroid dienone is 8. The smallest absolute Gasteiger partial charge is 0.145 e. The Bertz CT molecular complexity index is 316. The highest BCUT2D eigenvalue weighted by atomic mass is 28.2. The Hall–Kier alpha value is -0.863. The van der Waals surface area contributed by atoms with E-state index in [1.54, 1.807) is 0 Å². The Kier molecular flexibility index (Phi) is 19.3. The van der Waals surface area contributed by atoms with Crippen molar-refractivity contribution in [3.63, 3.8) is 0 Å². The maximum absolute atomic E-state index is 5.16. The first-order valence-electron chi connectivity index (χ1n) is 9.00. The summed E-state index contributed by atoms with van der Waals surface area (Å²) in [6.07, 6.45) is 30.2.